The summed E-state index contributed by atoms with van der Waals surface area (Å²) in [6.07, 6.45) is 3.70. The third-order valence-corrected chi connectivity index (χ3v) is 5.71. The summed E-state index contributed by atoms with van der Waals surface area (Å²) in [6, 6.07) is 10.8. The lowest BCUT2D eigenvalue weighted by molar-refractivity contribution is 0.0277. The Bertz CT molecular complexity index is 1170. The van der Waals surface area contributed by atoms with E-state index in [1.54, 1.807) is 6.33 Å². The summed E-state index contributed by atoms with van der Waals surface area (Å²) in [5.41, 5.74) is 8.54. The fourth-order valence-electron chi connectivity index (χ4n) is 4.22. The second-order valence-corrected chi connectivity index (χ2v) is 8.14. The highest BCUT2D eigenvalue weighted by Gasteiger charge is 2.21. The van der Waals surface area contributed by atoms with Gasteiger partial charge >= 0.3 is 0 Å². The van der Waals surface area contributed by atoms with E-state index in [9.17, 15) is 0 Å². The number of aromatic amines is 1. The summed E-state index contributed by atoms with van der Waals surface area (Å²) in [5, 5.41) is 15.7. The van der Waals surface area contributed by atoms with Gasteiger partial charge in [-0.25, -0.2) is 9.50 Å². The molecule has 1 unspecified atom stereocenters. The van der Waals surface area contributed by atoms with Crippen LogP contribution in [0.2, 0.25) is 0 Å². The third kappa shape index (κ3) is 3.30. The first-order valence-electron chi connectivity index (χ1n) is 10.4. The van der Waals surface area contributed by atoms with Gasteiger partial charge in [0.2, 0.25) is 0 Å². The molecule has 2 N–H and O–H groups in total. The molecular formula is C23H26N6O. The zero-order valence-electron chi connectivity index (χ0n) is 17.5. The Hall–Kier alpha value is -3.03. The van der Waals surface area contributed by atoms with Crippen LogP contribution in [0.4, 0.5) is 0 Å². The Kier molecular flexibility index (Phi) is 4.84. The van der Waals surface area contributed by atoms with Crippen molar-refractivity contribution in [2.45, 2.75) is 32.8 Å². The molecule has 1 aliphatic rings. The Balaban J connectivity index is 1.54. The average molecular weight is 403 g/mol. The Morgan fingerprint density at radius 1 is 1.17 bits per heavy atom. The SMILES string of the molecule is Cc1cc(-c2n[nH]c(-c3ccc(C4CNCCO4)cc3)c2C(C)C)cn2ncnc12. The maximum atomic E-state index is 5.88. The first kappa shape index (κ1) is 19.0. The number of hydrogen-bond donors (Lipinski definition) is 2. The van der Waals surface area contributed by atoms with Gasteiger partial charge in [-0.2, -0.15) is 10.2 Å². The monoisotopic (exact) mass is 402 g/mol. The Labute approximate surface area is 175 Å². The van der Waals surface area contributed by atoms with Crippen molar-refractivity contribution < 1.29 is 4.74 Å². The van der Waals surface area contributed by atoms with Crippen molar-refractivity contribution in [2.75, 3.05) is 19.7 Å². The minimum absolute atomic E-state index is 0.118. The van der Waals surface area contributed by atoms with Gasteiger partial charge in [-0.3, -0.25) is 5.10 Å². The molecule has 0 saturated carbocycles. The molecular weight excluding hydrogens is 376 g/mol. The quantitative estimate of drug-likeness (QED) is 0.542. The number of morpholine rings is 1. The lowest BCUT2D eigenvalue weighted by Gasteiger charge is -2.24. The molecule has 0 bridgehead atoms. The first-order chi connectivity index (χ1) is 14.6. The maximum absolute atomic E-state index is 5.88. The van der Waals surface area contributed by atoms with Crippen LogP contribution in [0.3, 0.4) is 0 Å². The molecule has 7 nitrogen and oxygen atoms in total. The second kappa shape index (κ2) is 7.66. The van der Waals surface area contributed by atoms with Crippen LogP contribution in [-0.4, -0.2) is 44.5 Å². The normalized spacial score (nSPS) is 17.1. The molecule has 0 amide bonds. The van der Waals surface area contributed by atoms with Crippen molar-refractivity contribution in [2.24, 2.45) is 0 Å². The third-order valence-electron chi connectivity index (χ3n) is 5.71. The van der Waals surface area contributed by atoms with Crippen molar-refractivity contribution in [1.29, 1.82) is 0 Å². The molecule has 0 radical (unpaired) electrons. The number of rotatable bonds is 4. The van der Waals surface area contributed by atoms with Crippen LogP contribution < -0.4 is 5.32 Å². The number of nitrogens with zero attached hydrogens (tertiary/aromatic N) is 4. The molecule has 1 atom stereocenters. The molecule has 0 spiro atoms. The number of H-pyrrole nitrogens is 1. The van der Waals surface area contributed by atoms with E-state index in [2.05, 4.69) is 71.6 Å². The van der Waals surface area contributed by atoms with Crippen molar-refractivity contribution in [3.8, 4) is 22.5 Å². The fraction of sp³-hybridized carbons (Fsp3) is 0.348. The van der Waals surface area contributed by atoms with E-state index in [0.717, 1.165) is 53.4 Å². The van der Waals surface area contributed by atoms with E-state index < -0.39 is 0 Å². The van der Waals surface area contributed by atoms with E-state index in [1.807, 2.05) is 10.7 Å². The topological polar surface area (TPSA) is 80.1 Å². The highest BCUT2D eigenvalue weighted by molar-refractivity contribution is 5.75. The van der Waals surface area contributed by atoms with E-state index in [0.29, 0.717) is 5.92 Å². The average Bonchev–Trinajstić information content (AvgIpc) is 3.42. The van der Waals surface area contributed by atoms with Crippen LogP contribution in [0.1, 0.15) is 42.6 Å². The summed E-state index contributed by atoms with van der Waals surface area (Å²) in [5.74, 6) is 0.311. The molecule has 0 aliphatic carbocycles. The van der Waals surface area contributed by atoms with Gasteiger partial charge < -0.3 is 10.1 Å². The molecule has 3 aromatic heterocycles. The number of nitrogens with one attached hydrogen (secondary N) is 2. The van der Waals surface area contributed by atoms with Gasteiger partial charge in [-0.15, -0.1) is 0 Å². The second-order valence-electron chi connectivity index (χ2n) is 8.14. The molecule has 1 aliphatic heterocycles. The first-order valence-corrected chi connectivity index (χ1v) is 10.4. The molecule has 1 fully saturated rings. The number of ether oxygens (including phenoxy) is 1. The number of benzene rings is 1. The standard InChI is InChI=1S/C23H26N6O/c1-14(2)20-21(17-6-4-16(5-7-17)19-11-24-8-9-30-19)27-28-22(20)18-10-15(3)23-25-13-26-29(23)12-18/h4-7,10,12-14,19,24H,8-9,11H2,1-3H3,(H,27,28). The molecule has 30 heavy (non-hydrogen) atoms. The highest BCUT2D eigenvalue weighted by Crippen LogP contribution is 2.36. The van der Waals surface area contributed by atoms with E-state index in [-0.39, 0.29) is 6.10 Å². The Morgan fingerprint density at radius 2 is 2.00 bits per heavy atom. The van der Waals surface area contributed by atoms with Crippen molar-refractivity contribution in [3.05, 3.63) is 59.5 Å². The van der Waals surface area contributed by atoms with E-state index in [1.165, 1.54) is 11.1 Å². The molecule has 7 heteroatoms. The smallest absolute Gasteiger partial charge is 0.158 e. The zero-order valence-corrected chi connectivity index (χ0v) is 17.5. The summed E-state index contributed by atoms with van der Waals surface area (Å²) < 4.78 is 7.69. The van der Waals surface area contributed by atoms with Crippen LogP contribution in [-0.2, 0) is 4.74 Å². The minimum Gasteiger partial charge on any atom is -0.371 e. The zero-order chi connectivity index (χ0) is 20.7. The lowest BCUT2D eigenvalue weighted by Crippen LogP contribution is -2.33. The van der Waals surface area contributed by atoms with Gasteiger partial charge in [-0.05, 0) is 35.6 Å². The van der Waals surface area contributed by atoms with E-state index >= 15 is 0 Å². The van der Waals surface area contributed by atoms with Crippen LogP contribution in [0.5, 0.6) is 0 Å². The van der Waals surface area contributed by atoms with Gasteiger partial charge in [0.15, 0.2) is 5.65 Å². The van der Waals surface area contributed by atoms with Crippen molar-refractivity contribution in [3.63, 3.8) is 0 Å². The maximum Gasteiger partial charge on any atom is 0.158 e. The number of fused-ring (bicyclic) bond motifs is 1. The number of aryl methyl sites for hydroxylation is 1. The molecule has 4 aromatic rings. The summed E-state index contributed by atoms with van der Waals surface area (Å²) >= 11 is 0. The van der Waals surface area contributed by atoms with Gasteiger partial charge in [0.1, 0.15) is 6.33 Å². The number of aromatic nitrogens is 5. The Morgan fingerprint density at radius 3 is 2.73 bits per heavy atom. The van der Waals surface area contributed by atoms with Crippen LogP contribution in [0.15, 0.2) is 42.9 Å². The molecule has 154 valence electrons. The largest absolute Gasteiger partial charge is 0.371 e. The lowest BCUT2D eigenvalue weighted by atomic mass is 9.93. The summed E-state index contributed by atoms with van der Waals surface area (Å²) in [6.45, 7) is 8.99. The molecule has 4 heterocycles. The molecule has 5 rings (SSSR count). The minimum atomic E-state index is 0.118. The number of pyridine rings is 1. The molecule has 1 saturated heterocycles. The fourth-order valence-corrected chi connectivity index (χ4v) is 4.22. The van der Waals surface area contributed by atoms with Gasteiger partial charge in [0.25, 0.3) is 0 Å². The van der Waals surface area contributed by atoms with Crippen LogP contribution in [0.25, 0.3) is 28.2 Å². The van der Waals surface area contributed by atoms with E-state index in [4.69, 9.17) is 9.84 Å². The van der Waals surface area contributed by atoms with Gasteiger partial charge in [0, 0.05) is 30.4 Å². The predicted molar refractivity (Wildman–Crippen MR) is 116 cm³/mol. The van der Waals surface area contributed by atoms with Crippen molar-refractivity contribution in [1.82, 2.24) is 30.1 Å². The summed E-state index contributed by atoms with van der Waals surface area (Å²) in [7, 11) is 0. The van der Waals surface area contributed by atoms with Crippen LogP contribution in [0, 0.1) is 6.92 Å². The molecule has 1 aromatic carbocycles. The van der Waals surface area contributed by atoms with Gasteiger partial charge in [0.05, 0.1) is 24.1 Å². The highest BCUT2D eigenvalue weighted by atomic mass is 16.5. The summed E-state index contributed by atoms with van der Waals surface area (Å²) in [4.78, 5) is 4.32. The predicted octanol–water partition coefficient (Wildman–Crippen LogP) is 3.88. The van der Waals surface area contributed by atoms with Gasteiger partial charge in [-0.1, -0.05) is 38.1 Å². The van der Waals surface area contributed by atoms with Crippen molar-refractivity contribution >= 4 is 5.65 Å². The number of hydrogen-bond acceptors (Lipinski definition) is 5. The van der Waals surface area contributed by atoms with Crippen LogP contribution >= 0.6 is 0 Å².